The number of rotatable bonds is 7. The minimum absolute atomic E-state index is 0.0630. The van der Waals surface area contributed by atoms with Crippen molar-refractivity contribution in [3.05, 3.63) is 39.2 Å². The van der Waals surface area contributed by atoms with Crippen molar-refractivity contribution in [1.82, 2.24) is 10.0 Å². The molecular weight excluding hydrogens is 320 g/mol. The topological polar surface area (TPSA) is 71.3 Å². The van der Waals surface area contributed by atoms with Crippen LogP contribution in [0.5, 0.6) is 0 Å². The molecule has 0 radical (unpaired) electrons. The number of hydrogen-bond acceptors (Lipinski definition) is 5. The molecule has 0 saturated heterocycles. The van der Waals surface area contributed by atoms with Gasteiger partial charge in [-0.2, -0.15) is 0 Å². The third kappa shape index (κ3) is 4.07. The number of sulfonamides is 1. The molecule has 0 aromatic carbocycles. The molecule has 0 spiro atoms. The number of nitrogens with one attached hydrogen (secondary N) is 2. The van der Waals surface area contributed by atoms with Gasteiger partial charge in [0.25, 0.3) is 10.0 Å². The van der Waals surface area contributed by atoms with E-state index in [1.165, 1.54) is 17.4 Å². The number of halogens is 1. The van der Waals surface area contributed by atoms with Gasteiger partial charge >= 0.3 is 0 Å². The summed E-state index contributed by atoms with van der Waals surface area (Å²) in [6, 6.07) is 6.78. The Hall–Kier alpha value is -0.860. The molecule has 8 heteroatoms. The van der Waals surface area contributed by atoms with Gasteiger partial charge in [0.05, 0.1) is 10.9 Å². The maximum atomic E-state index is 12.0. The van der Waals surface area contributed by atoms with E-state index in [9.17, 15) is 8.42 Å². The van der Waals surface area contributed by atoms with Crippen molar-refractivity contribution >= 4 is 33.0 Å². The molecule has 0 amide bonds. The Kier molecular flexibility index (Phi) is 5.22. The summed E-state index contributed by atoms with van der Waals surface area (Å²) >= 11 is 7.26. The van der Waals surface area contributed by atoms with Crippen molar-refractivity contribution in [3.63, 3.8) is 0 Å². The van der Waals surface area contributed by atoms with Crippen LogP contribution in [0.4, 0.5) is 0 Å². The monoisotopic (exact) mass is 334 g/mol. The van der Waals surface area contributed by atoms with Crippen LogP contribution in [0, 0.1) is 0 Å². The van der Waals surface area contributed by atoms with Gasteiger partial charge in [-0.3, -0.25) is 0 Å². The zero-order valence-electron chi connectivity index (χ0n) is 10.8. The Morgan fingerprint density at radius 3 is 2.75 bits per heavy atom. The lowest BCUT2D eigenvalue weighted by Gasteiger charge is -2.03. The Balaban J connectivity index is 1.92. The van der Waals surface area contributed by atoms with Crippen LogP contribution >= 0.6 is 22.9 Å². The summed E-state index contributed by atoms with van der Waals surface area (Å²) in [6.07, 6.45) is 0.598. The average molecular weight is 335 g/mol. The summed E-state index contributed by atoms with van der Waals surface area (Å²) in [6.45, 7) is 0.796. The van der Waals surface area contributed by atoms with E-state index in [-0.39, 0.29) is 5.09 Å². The summed E-state index contributed by atoms with van der Waals surface area (Å²) in [5.74, 6) is 0.581. The first kappa shape index (κ1) is 15.5. The van der Waals surface area contributed by atoms with Crippen molar-refractivity contribution in [2.45, 2.75) is 18.1 Å². The van der Waals surface area contributed by atoms with Gasteiger partial charge in [-0.15, -0.1) is 11.3 Å². The molecule has 20 heavy (non-hydrogen) atoms. The Morgan fingerprint density at radius 2 is 2.10 bits per heavy atom. The molecular formula is C12H15ClN2O3S2. The van der Waals surface area contributed by atoms with Crippen molar-refractivity contribution < 1.29 is 12.8 Å². The van der Waals surface area contributed by atoms with Crippen LogP contribution in [0.3, 0.4) is 0 Å². The molecule has 2 aromatic rings. The molecule has 0 bridgehead atoms. The van der Waals surface area contributed by atoms with Crippen LogP contribution in [0.1, 0.15) is 10.6 Å². The molecule has 5 nitrogen and oxygen atoms in total. The molecule has 0 aliphatic rings. The van der Waals surface area contributed by atoms with Gasteiger partial charge < -0.3 is 9.73 Å². The molecule has 0 aliphatic carbocycles. The number of furan rings is 1. The maximum Gasteiger partial charge on any atom is 0.273 e. The smallest absolute Gasteiger partial charge is 0.273 e. The molecule has 0 saturated carbocycles. The van der Waals surface area contributed by atoms with E-state index in [1.54, 1.807) is 19.2 Å². The van der Waals surface area contributed by atoms with E-state index >= 15 is 0 Å². The second-order valence-electron chi connectivity index (χ2n) is 4.10. The second kappa shape index (κ2) is 6.73. The van der Waals surface area contributed by atoms with Crippen LogP contribution in [-0.4, -0.2) is 22.0 Å². The van der Waals surface area contributed by atoms with Crippen LogP contribution in [0.25, 0.3) is 0 Å². The third-order valence-corrected chi connectivity index (χ3v) is 5.17. The van der Waals surface area contributed by atoms with Crippen molar-refractivity contribution in [1.29, 1.82) is 0 Å². The quantitative estimate of drug-likeness (QED) is 0.814. The van der Waals surface area contributed by atoms with Crippen molar-refractivity contribution in [2.24, 2.45) is 0 Å². The van der Waals surface area contributed by atoms with Crippen LogP contribution in [-0.2, 0) is 23.0 Å². The van der Waals surface area contributed by atoms with E-state index in [4.69, 9.17) is 16.0 Å². The summed E-state index contributed by atoms with van der Waals surface area (Å²) in [5.41, 5.74) is 0. The summed E-state index contributed by atoms with van der Waals surface area (Å²) in [4.78, 5) is 1.04. The van der Waals surface area contributed by atoms with Gasteiger partial charge in [-0.1, -0.05) is 11.6 Å². The van der Waals surface area contributed by atoms with Gasteiger partial charge in [-0.05, 0) is 37.7 Å². The minimum atomic E-state index is -3.59. The molecule has 0 atom stereocenters. The first-order valence-corrected chi connectivity index (χ1v) is 8.66. The molecule has 0 unspecified atom stereocenters. The fourth-order valence-electron chi connectivity index (χ4n) is 1.64. The number of hydrogen-bond donors (Lipinski definition) is 2. The van der Waals surface area contributed by atoms with E-state index < -0.39 is 10.0 Å². The number of thiophene rings is 1. The third-order valence-electron chi connectivity index (χ3n) is 2.55. The molecule has 2 heterocycles. The van der Waals surface area contributed by atoms with Gasteiger partial charge in [0.1, 0.15) is 5.76 Å². The van der Waals surface area contributed by atoms with Gasteiger partial charge in [0.15, 0.2) is 0 Å². The van der Waals surface area contributed by atoms with Gasteiger partial charge in [0.2, 0.25) is 5.09 Å². The molecule has 0 fully saturated rings. The zero-order chi connectivity index (χ0) is 14.6. The van der Waals surface area contributed by atoms with Crippen molar-refractivity contribution in [2.75, 3.05) is 13.6 Å². The molecule has 110 valence electrons. The average Bonchev–Trinajstić information content (AvgIpc) is 2.99. The van der Waals surface area contributed by atoms with Crippen LogP contribution in [0.15, 0.2) is 33.8 Å². The predicted molar refractivity (Wildman–Crippen MR) is 79.7 cm³/mol. The lowest BCUT2D eigenvalue weighted by atomic mass is 10.3. The molecule has 2 aromatic heterocycles. The second-order valence-corrected chi connectivity index (χ2v) is 7.60. The summed E-state index contributed by atoms with van der Waals surface area (Å²) in [5, 5.41) is 2.83. The van der Waals surface area contributed by atoms with E-state index in [0.29, 0.717) is 29.6 Å². The standard InChI is InChI=1S/C12H15ClN2O3S2/c1-14-8-9-2-5-12(18-9)20(16,17)15-7-6-10-3-4-11(13)19-10/h2-5,14-15H,6-8H2,1H3. The van der Waals surface area contributed by atoms with E-state index in [2.05, 4.69) is 10.0 Å². The summed E-state index contributed by atoms with van der Waals surface area (Å²) < 4.78 is 32.5. The minimum Gasteiger partial charge on any atom is -0.447 e. The fraction of sp³-hybridized carbons (Fsp3) is 0.333. The Morgan fingerprint density at radius 1 is 1.30 bits per heavy atom. The Bertz CT molecular complexity index is 664. The van der Waals surface area contributed by atoms with Gasteiger partial charge in [0, 0.05) is 11.4 Å². The van der Waals surface area contributed by atoms with Crippen LogP contribution < -0.4 is 10.0 Å². The normalized spacial score (nSPS) is 11.9. The fourth-order valence-corrected chi connectivity index (χ4v) is 3.70. The highest BCUT2D eigenvalue weighted by Crippen LogP contribution is 2.21. The van der Waals surface area contributed by atoms with E-state index in [1.807, 2.05) is 6.07 Å². The molecule has 2 rings (SSSR count). The molecule has 2 N–H and O–H groups in total. The SMILES string of the molecule is CNCc1ccc(S(=O)(=O)NCCc2ccc(Cl)s2)o1. The largest absolute Gasteiger partial charge is 0.447 e. The zero-order valence-corrected chi connectivity index (χ0v) is 13.2. The predicted octanol–water partition coefficient (Wildman–Crippen LogP) is 2.23. The first-order chi connectivity index (χ1) is 9.51. The lowest BCUT2D eigenvalue weighted by molar-refractivity contribution is 0.404. The molecule has 0 aliphatic heterocycles. The van der Waals surface area contributed by atoms with Crippen LogP contribution in [0.2, 0.25) is 4.34 Å². The highest BCUT2D eigenvalue weighted by Gasteiger charge is 2.18. The maximum absolute atomic E-state index is 12.0. The highest BCUT2D eigenvalue weighted by molar-refractivity contribution is 7.89. The summed E-state index contributed by atoms with van der Waals surface area (Å²) in [7, 11) is -1.83. The lowest BCUT2D eigenvalue weighted by Crippen LogP contribution is -2.25. The Labute approximate surface area is 127 Å². The van der Waals surface area contributed by atoms with Gasteiger partial charge in [-0.25, -0.2) is 13.1 Å². The first-order valence-electron chi connectivity index (χ1n) is 5.98. The highest BCUT2D eigenvalue weighted by atomic mass is 35.5. The van der Waals surface area contributed by atoms with E-state index in [0.717, 1.165) is 4.88 Å². The van der Waals surface area contributed by atoms with Crippen molar-refractivity contribution in [3.8, 4) is 0 Å².